The number of nitrogens with zero attached hydrogens (tertiary/aromatic N) is 1. The van der Waals surface area contributed by atoms with Crippen LogP contribution in [0.3, 0.4) is 0 Å². The van der Waals surface area contributed by atoms with Gasteiger partial charge in [-0.1, -0.05) is 6.07 Å². The molecule has 0 amide bonds. The van der Waals surface area contributed by atoms with Crippen molar-refractivity contribution in [3.63, 3.8) is 0 Å². The van der Waals surface area contributed by atoms with E-state index in [9.17, 15) is 26.7 Å². The van der Waals surface area contributed by atoms with Gasteiger partial charge in [-0.2, -0.15) is 14.0 Å². The van der Waals surface area contributed by atoms with Crippen molar-refractivity contribution in [1.82, 2.24) is 0 Å². The van der Waals surface area contributed by atoms with E-state index in [2.05, 4.69) is 14.2 Å². The van der Waals surface area contributed by atoms with Crippen LogP contribution in [0.4, 0.5) is 22.0 Å². The largest absolute Gasteiger partial charge is 0.573 e. The Bertz CT molecular complexity index is 610. The molecule has 1 rings (SSSR count). The molecule has 0 heterocycles. The van der Waals surface area contributed by atoms with Gasteiger partial charge in [0.15, 0.2) is 11.5 Å². The second-order valence-electron chi connectivity index (χ2n) is 3.95. The maximum Gasteiger partial charge on any atom is 0.573 e. The second-order valence-corrected chi connectivity index (χ2v) is 3.95. The molecule has 0 radical (unpaired) electrons. The zero-order valence-corrected chi connectivity index (χ0v) is 11.6. The Kier molecular flexibility index (Phi) is 6.12. The lowest BCUT2D eigenvalue weighted by atomic mass is 10.1. The third kappa shape index (κ3) is 5.61. The summed E-state index contributed by atoms with van der Waals surface area (Å²) in [5, 5.41) is 8.93. The molecule has 0 aromatic heterocycles. The van der Waals surface area contributed by atoms with Crippen molar-refractivity contribution in [3.8, 4) is 17.6 Å². The molecule has 1 aromatic rings. The van der Waals surface area contributed by atoms with Crippen molar-refractivity contribution in [2.75, 3.05) is 6.61 Å². The number of rotatable bonds is 6. The molecule has 0 saturated heterocycles. The van der Waals surface area contributed by atoms with Gasteiger partial charge >= 0.3 is 18.9 Å². The van der Waals surface area contributed by atoms with Gasteiger partial charge in [0.2, 0.25) is 0 Å². The summed E-state index contributed by atoms with van der Waals surface area (Å²) >= 11 is 0. The van der Waals surface area contributed by atoms with E-state index in [1.807, 2.05) is 0 Å². The summed E-state index contributed by atoms with van der Waals surface area (Å²) < 4.78 is 74.0. The molecule has 0 aliphatic rings. The van der Waals surface area contributed by atoms with Gasteiger partial charge in [0.05, 0.1) is 13.0 Å². The van der Waals surface area contributed by atoms with Gasteiger partial charge in [-0.25, -0.2) is 0 Å². The number of hydrogen-bond acceptors (Lipinski definition) is 5. The first-order valence-corrected chi connectivity index (χ1v) is 6.10. The number of ether oxygens (including phenoxy) is 3. The second kappa shape index (κ2) is 7.62. The number of carbonyl (C=O) groups excluding carboxylic acids is 1. The highest BCUT2D eigenvalue weighted by Gasteiger charge is 2.33. The van der Waals surface area contributed by atoms with Crippen LogP contribution in [0, 0.1) is 11.3 Å². The number of halogens is 5. The highest BCUT2D eigenvalue weighted by Crippen LogP contribution is 2.36. The van der Waals surface area contributed by atoms with E-state index in [0.717, 1.165) is 12.1 Å². The number of hydrogen-bond donors (Lipinski definition) is 0. The number of esters is 1. The minimum atomic E-state index is -5.13. The molecule has 0 N–H and O–H groups in total. The normalized spacial score (nSPS) is 11.0. The molecular weight excluding hydrogens is 329 g/mol. The third-order valence-electron chi connectivity index (χ3n) is 2.39. The van der Waals surface area contributed by atoms with Crippen LogP contribution >= 0.6 is 0 Å². The van der Waals surface area contributed by atoms with E-state index in [-0.39, 0.29) is 12.2 Å². The number of alkyl halides is 5. The van der Waals surface area contributed by atoms with Crippen molar-refractivity contribution in [3.05, 3.63) is 23.3 Å². The van der Waals surface area contributed by atoms with Crippen LogP contribution < -0.4 is 9.47 Å². The molecule has 126 valence electrons. The first-order chi connectivity index (χ1) is 10.7. The van der Waals surface area contributed by atoms with Crippen LogP contribution in [-0.2, 0) is 16.0 Å². The predicted molar refractivity (Wildman–Crippen MR) is 64.8 cm³/mol. The molecule has 0 spiro atoms. The Balaban J connectivity index is 3.31. The molecule has 5 nitrogen and oxygen atoms in total. The SMILES string of the molecule is CCOC(=O)Cc1ccc(OC(F)(F)F)c(C#N)c1OC(F)F. The quantitative estimate of drug-likeness (QED) is 0.588. The summed E-state index contributed by atoms with van der Waals surface area (Å²) in [4.78, 5) is 11.4. The average molecular weight is 339 g/mol. The highest BCUT2D eigenvalue weighted by molar-refractivity contribution is 5.75. The number of carbonyl (C=O) groups is 1. The molecule has 23 heavy (non-hydrogen) atoms. The lowest BCUT2D eigenvalue weighted by molar-refractivity contribution is -0.274. The van der Waals surface area contributed by atoms with Gasteiger partial charge in [0.25, 0.3) is 0 Å². The predicted octanol–water partition coefficient (Wildman–Crippen LogP) is 3.16. The number of nitriles is 1. The zero-order valence-electron chi connectivity index (χ0n) is 11.6. The van der Waals surface area contributed by atoms with E-state index >= 15 is 0 Å². The minimum Gasteiger partial charge on any atom is -0.466 e. The zero-order chi connectivity index (χ0) is 17.6. The van der Waals surface area contributed by atoms with Crippen LogP contribution in [0.15, 0.2) is 12.1 Å². The first-order valence-electron chi connectivity index (χ1n) is 6.10. The summed E-state index contributed by atoms with van der Waals surface area (Å²) in [6.07, 6.45) is -5.69. The van der Waals surface area contributed by atoms with E-state index < -0.39 is 42.4 Å². The molecule has 1 aromatic carbocycles. The molecule has 0 aliphatic carbocycles. The van der Waals surface area contributed by atoms with E-state index in [1.165, 1.54) is 13.0 Å². The van der Waals surface area contributed by atoms with Crippen LogP contribution in [0.25, 0.3) is 0 Å². The Labute approximate surface area is 127 Å². The van der Waals surface area contributed by atoms with E-state index in [1.54, 1.807) is 0 Å². The van der Waals surface area contributed by atoms with Crippen LogP contribution in [0.5, 0.6) is 11.5 Å². The van der Waals surface area contributed by atoms with Crippen molar-refractivity contribution >= 4 is 5.97 Å². The fraction of sp³-hybridized carbons (Fsp3) is 0.385. The average Bonchev–Trinajstić information content (AvgIpc) is 2.40. The Morgan fingerprint density at radius 1 is 1.35 bits per heavy atom. The maximum atomic E-state index is 12.5. The fourth-order valence-corrected chi connectivity index (χ4v) is 1.65. The maximum absolute atomic E-state index is 12.5. The molecule has 0 aliphatic heterocycles. The monoisotopic (exact) mass is 339 g/mol. The molecule has 0 fully saturated rings. The van der Waals surface area contributed by atoms with Gasteiger partial charge in [-0.3, -0.25) is 4.79 Å². The lowest BCUT2D eigenvalue weighted by Crippen LogP contribution is -2.19. The molecule has 10 heteroatoms. The van der Waals surface area contributed by atoms with Crippen molar-refractivity contribution in [2.45, 2.75) is 26.3 Å². The number of benzene rings is 1. The summed E-state index contributed by atoms with van der Waals surface area (Å²) in [6.45, 7) is -1.89. The topological polar surface area (TPSA) is 68.5 Å². The molecule has 0 saturated carbocycles. The molecule has 0 bridgehead atoms. The van der Waals surface area contributed by atoms with Gasteiger partial charge < -0.3 is 14.2 Å². The molecular formula is C13H10F5NO4. The van der Waals surface area contributed by atoms with Crippen molar-refractivity contribution in [1.29, 1.82) is 5.26 Å². The minimum absolute atomic E-state index is 0.0181. The van der Waals surface area contributed by atoms with Gasteiger partial charge in [0.1, 0.15) is 11.6 Å². The summed E-state index contributed by atoms with van der Waals surface area (Å²) in [7, 11) is 0. The Morgan fingerprint density at radius 2 is 2.00 bits per heavy atom. The van der Waals surface area contributed by atoms with Crippen molar-refractivity contribution in [2.24, 2.45) is 0 Å². The lowest BCUT2D eigenvalue weighted by Gasteiger charge is -2.16. The standard InChI is InChI=1S/C13H10F5NO4/c1-2-21-10(20)5-7-3-4-9(23-13(16,17)18)8(6-19)11(7)22-12(14)15/h3-4,12H,2,5H2,1H3. The van der Waals surface area contributed by atoms with Gasteiger partial charge in [0, 0.05) is 5.56 Å². The van der Waals surface area contributed by atoms with E-state index in [0.29, 0.717) is 0 Å². The first kappa shape index (κ1) is 18.5. The van der Waals surface area contributed by atoms with Crippen LogP contribution in [-0.4, -0.2) is 25.6 Å². The Morgan fingerprint density at radius 3 is 2.48 bits per heavy atom. The van der Waals surface area contributed by atoms with Crippen LogP contribution in [0.2, 0.25) is 0 Å². The van der Waals surface area contributed by atoms with Crippen LogP contribution in [0.1, 0.15) is 18.1 Å². The smallest absolute Gasteiger partial charge is 0.466 e. The van der Waals surface area contributed by atoms with Gasteiger partial charge in [-0.15, -0.1) is 13.2 Å². The summed E-state index contributed by atoms with van der Waals surface area (Å²) in [6, 6.07) is 2.95. The van der Waals surface area contributed by atoms with Gasteiger partial charge in [-0.05, 0) is 13.0 Å². The highest BCUT2D eigenvalue weighted by atomic mass is 19.4. The summed E-state index contributed by atoms with van der Waals surface area (Å²) in [5.41, 5.74) is -1.13. The molecule has 0 unspecified atom stereocenters. The third-order valence-corrected chi connectivity index (χ3v) is 2.39. The Hall–Kier alpha value is -2.57. The summed E-state index contributed by atoms with van der Waals surface area (Å²) in [5.74, 6) is -2.69. The van der Waals surface area contributed by atoms with E-state index in [4.69, 9.17) is 5.26 Å². The molecule has 0 atom stereocenters. The van der Waals surface area contributed by atoms with Crippen molar-refractivity contribution < 1.29 is 41.0 Å². The fourth-order valence-electron chi connectivity index (χ4n) is 1.65.